The highest BCUT2D eigenvalue weighted by atomic mass is 16.5. The van der Waals surface area contributed by atoms with Crippen LogP contribution in [0, 0.1) is 6.92 Å². The van der Waals surface area contributed by atoms with E-state index in [2.05, 4.69) is 0 Å². The molecule has 4 rings (SSSR count). The molecule has 0 heterocycles. The molecule has 3 aromatic rings. The fraction of sp³-hybridized carbons (Fsp3) is 0.240. The Kier molecular flexibility index (Phi) is 4.90. The molecule has 1 atom stereocenters. The summed E-state index contributed by atoms with van der Waals surface area (Å²) in [6, 6.07) is 10.2. The Bertz CT molecular complexity index is 1260. The summed E-state index contributed by atoms with van der Waals surface area (Å²) in [5, 5.41) is 24.1. The third kappa shape index (κ3) is 2.72. The van der Waals surface area contributed by atoms with Gasteiger partial charge < -0.3 is 24.4 Å². The lowest BCUT2D eigenvalue weighted by Crippen LogP contribution is -2.35. The molecule has 1 aliphatic carbocycles. The lowest BCUT2D eigenvalue weighted by Gasteiger charge is -2.37. The number of phenols is 1. The topological polar surface area (TPSA) is 85.2 Å². The van der Waals surface area contributed by atoms with Gasteiger partial charge in [0.05, 0.1) is 32.3 Å². The molecular formula is C25H24O6. The maximum Gasteiger partial charge on any atom is 0.190 e. The monoisotopic (exact) mass is 420 g/mol. The van der Waals surface area contributed by atoms with E-state index in [-0.39, 0.29) is 22.7 Å². The van der Waals surface area contributed by atoms with Gasteiger partial charge in [0, 0.05) is 22.1 Å². The van der Waals surface area contributed by atoms with Crippen LogP contribution >= 0.6 is 0 Å². The van der Waals surface area contributed by atoms with Gasteiger partial charge in [-0.1, -0.05) is 24.3 Å². The standard InChI is InChI=1S/C25H24O6/c1-13-12-18(27)21-16(9-7-10-17(21)26)25(13,28)22-14(2)23(30-4)15-8-6-11-19(29-3)20(15)24(22)31-5/h6-12,26,28H,1-5H3. The van der Waals surface area contributed by atoms with E-state index in [0.29, 0.717) is 39.3 Å². The van der Waals surface area contributed by atoms with Crippen LogP contribution < -0.4 is 14.2 Å². The summed E-state index contributed by atoms with van der Waals surface area (Å²) in [5.74, 6) is 0.972. The van der Waals surface area contributed by atoms with Gasteiger partial charge in [0.2, 0.25) is 0 Å². The maximum atomic E-state index is 12.7. The first-order valence-corrected chi connectivity index (χ1v) is 9.80. The summed E-state index contributed by atoms with van der Waals surface area (Å²) < 4.78 is 17.2. The molecule has 0 saturated heterocycles. The van der Waals surface area contributed by atoms with Crippen LogP contribution in [0.3, 0.4) is 0 Å². The summed E-state index contributed by atoms with van der Waals surface area (Å²) in [5.41, 5.74) is 0.107. The number of ketones is 1. The van der Waals surface area contributed by atoms with Gasteiger partial charge in [0.25, 0.3) is 0 Å². The normalized spacial score (nSPS) is 17.9. The van der Waals surface area contributed by atoms with Crippen molar-refractivity contribution in [3.05, 3.63) is 70.3 Å². The Morgan fingerprint density at radius 3 is 2.23 bits per heavy atom. The second-order valence-electron chi connectivity index (χ2n) is 7.55. The Hall–Kier alpha value is -3.51. The highest BCUT2D eigenvalue weighted by Crippen LogP contribution is 2.53. The van der Waals surface area contributed by atoms with Gasteiger partial charge in [-0.15, -0.1) is 0 Å². The summed E-state index contributed by atoms with van der Waals surface area (Å²) in [6.45, 7) is 3.52. The minimum atomic E-state index is -1.74. The van der Waals surface area contributed by atoms with E-state index in [1.807, 2.05) is 19.1 Å². The number of carbonyl (C=O) groups excluding carboxylic acids is 1. The van der Waals surface area contributed by atoms with Crippen molar-refractivity contribution in [2.75, 3.05) is 21.3 Å². The molecule has 0 aromatic heterocycles. The molecule has 0 fully saturated rings. The van der Waals surface area contributed by atoms with Crippen molar-refractivity contribution in [1.82, 2.24) is 0 Å². The maximum absolute atomic E-state index is 12.7. The minimum Gasteiger partial charge on any atom is -0.507 e. The van der Waals surface area contributed by atoms with Crippen molar-refractivity contribution in [3.63, 3.8) is 0 Å². The van der Waals surface area contributed by atoms with Crippen molar-refractivity contribution in [2.45, 2.75) is 19.4 Å². The van der Waals surface area contributed by atoms with Crippen LogP contribution in [-0.4, -0.2) is 37.3 Å². The second kappa shape index (κ2) is 7.32. The molecule has 0 radical (unpaired) electrons. The molecule has 1 unspecified atom stereocenters. The molecule has 0 spiro atoms. The van der Waals surface area contributed by atoms with Crippen molar-refractivity contribution in [1.29, 1.82) is 0 Å². The van der Waals surface area contributed by atoms with Crippen LogP contribution in [0.4, 0.5) is 0 Å². The largest absolute Gasteiger partial charge is 0.507 e. The highest BCUT2D eigenvalue weighted by Gasteiger charge is 2.45. The van der Waals surface area contributed by atoms with E-state index in [0.717, 1.165) is 5.39 Å². The summed E-state index contributed by atoms with van der Waals surface area (Å²) in [7, 11) is 4.65. The molecule has 160 valence electrons. The zero-order valence-electron chi connectivity index (χ0n) is 18.1. The van der Waals surface area contributed by atoms with Gasteiger partial charge in [0.1, 0.15) is 28.6 Å². The molecule has 31 heavy (non-hydrogen) atoms. The molecule has 6 nitrogen and oxygen atoms in total. The van der Waals surface area contributed by atoms with Gasteiger partial charge in [-0.25, -0.2) is 0 Å². The number of fused-ring (bicyclic) bond motifs is 2. The first-order valence-electron chi connectivity index (χ1n) is 9.80. The number of carbonyl (C=O) groups is 1. The number of hydrogen-bond acceptors (Lipinski definition) is 6. The molecule has 1 aliphatic rings. The van der Waals surface area contributed by atoms with Gasteiger partial charge in [0.15, 0.2) is 5.78 Å². The average molecular weight is 420 g/mol. The van der Waals surface area contributed by atoms with Crippen LogP contribution in [-0.2, 0) is 5.60 Å². The van der Waals surface area contributed by atoms with Crippen molar-refractivity contribution in [2.24, 2.45) is 0 Å². The number of aliphatic hydroxyl groups is 1. The number of methoxy groups -OCH3 is 3. The average Bonchev–Trinajstić information content (AvgIpc) is 2.76. The molecule has 0 aliphatic heterocycles. The van der Waals surface area contributed by atoms with E-state index in [1.165, 1.54) is 19.3 Å². The molecule has 0 bridgehead atoms. The van der Waals surface area contributed by atoms with Crippen LogP contribution in [0.2, 0.25) is 0 Å². The summed E-state index contributed by atoms with van der Waals surface area (Å²) in [4.78, 5) is 12.7. The number of aromatic hydroxyl groups is 1. The first kappa shape index (κ1) is 20.8. The van der Waals surface area contributed by atoms with Crippen LogP contribution in [0.15, 0.2) is 48.0 Å². The van der Waals surface area contributed by atoms with E-state index >= 15 is 0 Å². The molecule has 2 N–H and O–H groups in total. The summed E-state index contributed by atoms with van der Waals surface area (Å²) in [6.07, 6.45) is 1.35. The fourth-order valence-corrected chi connectivity index (χ4v) is 4.66. The quantitative estimate of drug-likeness (QED) is 0.656. The van der Waals surface area contributed by atoms with E-state index in [4.69, 9.17) is 14.2 Å². The Morgan fingerprint density at radius 2 is 1.58 bits per heavy atom. The number of allylic oxidation sites excluding steroid dienone is 1. The van der Waals surface area contributed by atoms with Crippen molar-refractivity contribution >= 4 is 16.6 Å². The number of benzene rings is 3. The van der Waals surface area contributed by atoms with Gasteiger partial charge in [-0.3, -0.25) is 4.79 Å². The lowest BCUT2D eigenvalue weighted by molar-refractivity contribution is 0.0940. The van der Waals surface area contributed by atoms with E-state index in [9.17, 15) is 15.0 Å². The van der Waals surface area contributed by atoms with Crippen molar-refractivity contribution in [3.8, 4) is 23.0 Å². The third-order valence-corrected chi connectivity index (χ3v) is 6.03. The number of rotatable bonds is 4. The van der Waals surface area contributed by atoms with Crippen LogP contribution in [0.1, 0.15) is 34.0 Å². The Morgan fingerprint density at radius 1 is 0.903 bits per heavy atom. The van der Waals surface area contributed by atoms with Crippen LogP contribution in [0.5, 0.6) is 23.0 Å². The van der Waals surface area contributed by atoms with Gasteiger partial charge in [-0.05, 0) is 37.6 Å². The lowest BCUT2D eigenvalue weighted by atomic mass is 9.71. The van der Waals surface area contributed by atoms with Crippen molar-refractivity contribution < 1.29 is 29.2 Å². The minimum absolute atomic E-state index is 0.0659. The Labute approximate surface area is 180 Å². The number of phenolic OH excluding ortho intramolecular Hbond substituents is 1. The van der Waals surface area contributed by atoms with Gasteiger partial charge >= 0.3 is 0 Å². The molecule has 0 saturated carbocycles. The smallest absolute Gasteiger partial charge is 0.190 e. The summed E-state index contributed by atoms with van der Waals surface area (Å²) >= 11 is 0. The first-order chi connectivity index (χ1) is 14.8. The molecule has 0 amide bonds. The molecule has 6 heteroatoms. The number of hydrogen-bond donors (Lipinski definition) is 2. The Balaban J connectivity index is 2.24. The van der Waals surface area contributed by atoms with Crippen LogP contribution in [0.25, 0.3) is 10.8 Å². The van der Waals surface area contributed by atoms with Gasteiger partial charge in [-0.2, -0.15) is 0 Å². The fourth-order valence-electron chi connectivity index (χ4n) is 4.66. The SMILES string of the molecule is COc1c(C)c(C2(O)C(C)=CC(=O)c3c(O)cccc32)c(OC)c2c(OC)cccc12. The molecular weight excluding hydrogens is 396 g/mol. The predicted octanol–water partition coefficient (Wildman–Crippen LogP) is 4.26. The highest BCUT2D eigenvalue weighted by molar-refractivity contribution is 6.10. The predicted molar refractivity (Wildman–Crippen MR) is 118 cm³/mol. The zero-order chi connectivity index (χ0) is 22.5. The van der Waals surface area contributed by atoms with E-state index in [1.54, 1.807) is 39.3 Å². The zero-order valence-corrected chi connectivity index (χ0v) is 18.1. The number of ether oxygens (including phenoxy) is 3. The third-order valence-electron chi connectivity index (χ3n) is 6.03. The second-order valence-corrected chi connectivity index (χ2v) is 7.55. The molecule has 3 aromatic carbocycles. The van der Waals surface area contributed by atoms with E-state index < -0.39 is 5.60 Å².